The molecule has 1 unspecified atom stereocenters. The van der Waals surface area contributed by atoms with Crippen molar-refractivity contribution in [3.05, 3.63) is 23.9 Å². The Bertz CT molecular complexity index is 408. The van der Waals surface area contributed by atoms with Crippen LogP contribution in [0.3, 0.4) is 0 Å². The summed E-state index contributed by atoms with van der Waals surface area (Å²) in [5, 5.41) is 3.51. The lowest BCUT2D eigenvalue weighted by molar-refractivity contribution is 0.0381. The van der Waals surface area contributed by atoms with E-state index in [2.05, 4.69) is 42.0 Å². The van der Waals surface area contributed by atoms with E-state index in [1.807, 2.05) is 12.3 Å². The van der Waals surface area contributed by atoms with Crippen LogP contribution in [0.1, 0.15) is 32.8 Å². The Hall–Kier alpha value is -1.13. The lowest BCUT2D eigenvalue weighted by Crippen LogP contribution is -2.43. The van der Waals surface area contributed by atoms with Gasteiger partial charge in [-0.3, -0.25) is 0 Å². The van der Waals surface area contributed by atoms with E-state index in [-0.39, 0.29) is 0 Å². The maximum absolute atomic E-state index is 5.75. The molecule has 112 valence electrons. The molecule has 4 heteroatoms. The standard InChI is InChI=1S/C16H27N3O/c1-4-15-12-19(8-9-20-15)16-14(6-5-7-18-16)11-17-10-13(2)3/h5-7,13,15,17H,4,8-12H2,1-3H3. The van der Waals surface area contributed by atoms with Crippen molar-refractivity contribution in [2.24, 2.45) is 5.92 Å². The number of morpholine rings is 1. The first kappa shape index (κ1) is 15.3. The molecule has 1 aromatic heterocycles. The highest BCUT2D eigenvalue weighted by molar-refractivity contribution is 5.47. The fourth-order valence-corrected chi connectivity index (χ4v) is 2.51. The van der Waals surface area contributed by atoms with Crippen molar-refractivity contribution in [1.82, 2.24) is 10.3 Å². The zero-order chi connectivity index (χ0) is 14.4. The van der Waals surface area contributed by atoms with Crippen LogP contribution in [0.15, 0.2) is 18.3 Å². The van der Waals surface area contributed by atoms with E-state index in [9.17, 15) is 0 Å². The van der Waals surface area contributed by atoms with E-state index in [0.29, 0.717) is 12.0 Å². The molecule has 4 nitrogen and oxygen atoms in total. The summed E-state index contributed by atoms with van der Waals surface area (Å²) in [4.78, 5) is 6.96. The average Bonchev–Trinajstić information content (AvgIpc) is 2.47. The first-order chi connectivity index (χ1) is 9.70. The van der Waals surface area contributed by atoms with E-state index < -0.39 is 0 Å². The second-order valence-electron chi connectivity index (χ2n) is 5.86. The van der Waals surface area contributed by atoms with Crippen molar-refractivity contribution in [3.8, 4) is 0 Å². The summed E-state index contributed by atoms with van der Waals surface area (Å²) < 4.78 is 5.75. The van der Waals surface area contributed by atoms with Gasteiger partial charge >= 0.3 is 0 Å². The third-order valence-corrected chi connectivity index (χ3v) is 3.63. The van der Waals surface area contributed by atoms with Crippen LogP contribution < -0.4 is 10.2 Å². The highest BCUT2D eigenvalue weighted by atomic mass is 16.5. The number of nitrogens with zero attached hydrogens (tertiary/aromatic N) is 2. The third kappa shape index (κ3) is 4.18. The molecular weight excluding hydrogens is 250 g/mol. The number of anilines is 1. The highest BCUT2D eigenvalue weighted by Gasteiger charge is 2.21. The molecule has 1 saturated heterocycles. The normalized spacial score (nSPS) is 19.6. The summed E-state index contributed by atoms with van der Waals surface area (Å²) in [5.41, 5.74) is 1.28. The van der Waals surface area contributed by atoms with Gasteiger partial charge in [-0.25, -0.2) is 4.98 Å². The van der Waals surface area contributed by atoms with Gasteiger partial charge in [0.15, 0.2) is 0 Å². The largest absolute Gasteiger partial charge is 0.375 e. The van der Waals surface area contributed by atoms with Crippen LogP contribution in [0.2, 0.25) is 0 Å². The van der Waals surface area contributed by atoms with Gasteiger partial charge in [0.1, 0.15) is 5.82 Å². The molecule has 1 atom stereocenters. The molecule has 0 amide bonds. The maximum atomic E-state index is 5.75. The van der Waals surface area contributed by atoms with Gasteiger partial charge in [0, 0.05) is 31.4 Å². The van der Waals surface area contributed by atoms with Gasteiger partial charge in [0.25, 0.3) is 0 Å². The second-order valence-corrected chi connectivity index (χ2v) is 5.86. The van der Waals surface area contributed by atoms with Gasteiger partial charge in [0.05, 0.1) is 12.7 Å². The summed E-state index contributed by atoms with van der Waals surface area (Å²) >= 11 is 0. The Balaban J connectivity index is 2.03. The van der Waals surface area contributed by atoms with Crippen molar-refractivity contribution >= 4 is 5.82 Å². The zero-order valence-corrected chi connectivity index (χ0v) is 12.9. The van der Waals surface area contributed by atoms with Gasteiger partial charge in [-0.2, -0.15) is 0 Å². The molecule has 0 aliphatic carbocycles. The van der Waals surface area contributed by atoms with Crippen molar-refractivity contribution in [2.75, 3.05) is 31.1 Å². The molecule has 0 radical (unpaired) electrons. The number of hydrogen-bond donors (Lipinski definition) is 1. The maximum Gasteiger partial charge on any atom is 0.133 e. The van der Waals surface area contributed by atoms with Gasteiger partial charge in [0.2, 0.25) is 0 Å². The van der Waals surface area contributed by atoms with Crippen LogP contribution in [-0.2, 0) is 11.3 Å². The number of pyridine rings is 1. The topological polar surface area (TPSA) is 37.4 Å². The Labute approximate surface area is 122 Å². The van der Waals surface area contributed by atoms with Crippen LogP contribution in [0, 0.1) is 5.92 Å². The number of aromatic nitrogens is 1. The molecule has 2 heterocycles. The number of rotatable bonds is 6. The van der Waals surface area contributed by atoms with Crippen LogP contribution >= 0.6 is 0 Å². The SMILES string of the molecule is CCC1CN(c2ncccc2CNCC(C)C)CCO1. The Morgan fingerprint density at radius 2 is 2.35 bits per heavy atom. The Morgan fingerprint density at radius 3 is 3.10 bits per heavy atom. The van der Waals surface area contributed by atoms with Gasteiger partial charge in [-0.15, -0.1) is 0 Å². The van der Waals surface area contributed by atoms with E-state index in [1.54, 1.807) is 0 Å². The lowest BCUT2D eigenvalue weighted by Gasteiger charge is -2.34. The molecule has 0 spiro atoms. The predicted molar refractivity (Wildman–Crippen MR) is 83.0 cm³/mol. The molecule has 1 fully saturated rings. The number of hydrogen-bond acceptors (Lipinski definition) is 4. The van der Waals surface area contributed by atoms with Crippen molar-refractivity contribution in [1.29, 1.82) is 0 Å². The smallest absolute Gasteiger partial charge is 0.133 e. The predicted octanol–water partition coefficient (Wildman–Crippen LogP) is 2.44. The molecule has 1 N–H and O–H groups in total. The summed E-state index contributed by atoms with van der Waals surface area (Å²) in [6.45, 7) is 11.2. The summed E-state index contributed by atoms with van der Waals surface area (Å²) in [7, 11) is 0. The third-order valence-electron chi connectivity index (χ3n) is 3.63. The van der Waals surface area contributed by atoms with Gasteiger partial charge in [-0.05, 0) is 24.9 Å². The van der Waals surface area contributed by atoms with Crippen LogP contribution in [0.4, 0.5) is 5.82 Å². The van der Waals surface area contributed by atoms with E-state index in [1.165, 1.54) is 5.56 Å². The first-order valence-electron chi connectivity index (χ1n) is 7.71. The van der Waals surface area contributed by atoms with Crippen molar-refractivity contribution < 1.29 is 4.74 Å². The fraction of sp³-hybridized carbons (Fsp3) is 0.688. The molecule has 2 rings (SSSR count). The minimum Gasteiger partial charge on any atom is -0.375 e. The summed E-state index contributed by atoms with van der Waals surface area (Å²) in [5.74, 6) is 1.79. The summed E-state index contributed by atoms with van der Waals surface area (Å²) in [6, 6.07) is 4.19. The highest BCUT2D eigenvalue weighted by Crippen LogP contribution is 2.20. The molecule has 20 heavy (non-hydrogen) atoms. The Kier molecular flexibility index (Phi) is 5.80. The molecule has 0 saturated carbocycles. The van der Waals surface area contributed by atoms with Crippen LogP contribution in [0.5, 0.6) is 0 Å². The van der Waals surface area contributed by atoms with Crippen molar-refractivity contribution in [3.63, 3.8) is 0 Å². The van der Waals surface area contributed by atoms with Crippen LogP contribution in [0.25, 0.3) is 0 Å². The number of ether oxygens (including phenoxy) is 1. The molecule has 0 aromatic carbocycles. The minimum absolute atomic E-state index is 0.335. The van der Waals surface area contributed by atoms with Crippen molar-refractivity contribution in [2.45, 2.75) is 39.8 Å². The van der Waals surface area contributed by atoms with E-state index in [4.69, 9.17) is 4.74 Å². The summed E-state index contributed by atoms with van der Waals surface area (Å²) in [6.07, 6.45) is 3.28. The fourth-order valence-electron chi connectivity index (χ4n) is 2.51. The minimum atomic E-state index is 0.335. The van der Waals surface area contributed by atoms with E-state index >= 15 is 0 Å². The first-order valence-corrected chi connectivity index (χ1v) is 7.71. The van der Waals surface area contributed by atoms with Gasteiger partial charge in [-0.1, -0.05) is 26.8 Å². The molecular formula is C16H27N3O. The zero-order valence-electron chi connectivity index (χ0n) is 12.9. The second kappa shape index (κ2) is 7.60. The molecule has 1 aliphatic rings. The van der Waals surface area contributed by atoms with Gasteiger partial charge < -0.3 is 15.0 Å². The Morgan fingerprint density at radius 1 is 1.50 bits per heavy atom. The molecule has 1 aliphatic heterocycles. The molecule has 0 bridgehead atoms. The quantitative estimate of drug-likeness (QED) is 0.866. The van der Waals surface area contributed by atoms with Crippen LogP contribution in [-0.4, -0.2) is 37.3 Å². The van der Waals surface area contributed by atoms with E-state index in [0.717, 1.165) is 45.0 Å². The number of nitrogens with one attached hydrogen (secondary N) is 1. The molecule has 1 aromatic rings. The average molecular weight is 277 g/mol. The lowest BCUT2D eigenvalue weighted by atomic mass is 10.1. The monoisotopic (exact) mass is 277 g/mol.